The first-order valence-electron chi connectivity index (χ1n) is 10.1. The topological polar surface area (TPSA) is 75.9 Å². The molecule has 5 rings (SSSR count). The number of carbonyl (C=O) groups excluding carboxylic acids is 1. The minimum Gasteiger partial charge on any atom is -0.481 e. The number of methoxy groups -OCH3 is 1. The highest BCUT2D eigenvalue weighted by Crippen LogP contribution is 2.30. The molecule has 3 aromatic heterocycles. The minimum absolute atomic E-state index is 0.00713. The molecule has 8 heteroatoms. The number of carbonyl (C=O) groups is 1. The van der Waals surface area contributed by atoms with E-state index in [1.54, 1.807) is 25.4 Å². The van der Waals surface area contributed by atoms with Gasteiger partial charge >= 0.3 is 0 Å². The lowest BCUT2D eigenvalue weighted by molar-refractivity contribution is 0.0746. The summed E-state index contributed by atoms with van der Waals surface area (Å²) in [5.41, 5.74) is 4.29. The standard InChI is InChI=1S/C21H24N6O2/c1-29-18-7-6-15(14-23-18)21(28)26-12-10-25(11-13-26)20-19-16-4-2-3-5-17(16)24-27(19)9-8-22-20/h6-9,14H,2-5,10-13H2,1H3. The van der Waals surface area contributed by atoms with Crippen LogP contribution in [0.2, 0.25) is 0 Å². The number of aryl methyl sites for hydroxylation is 2. The highest BCUT2D eigenvalue weighted by Gasteiger charge is 2.27. The van der Waals surface area contributed by atoms with Crippen molar-refractivity contribution in [1.82, 2.24) is 24.5 Å². The maximum Gasteiger partial charge on any atom is 0.255 e. The SMILES string of the molecule is COc1ccc(C(=O)N2CCN(c3nccn4nc5c(c34)CCCC5)CC2)cn1. The quantitative estimate of drug-likeness (QED) is 0.678. The highest BCUT2D eigenvalue weighted by atomic mass is 16.5. The van der Waals surface area contributed by atoms with Crippen LogP contribution in [-0.2, 0) is 12.8 Å². The fourth-order valence-corrected chi connectivity index (χ4v) is 4.31. The number of amides is 1. The summed E-state index contributed by atoms with van der Waals surface area (Å²) in [4.78, 5) is 25.8. The lowest BCUT2D eigenvalue weighted by Crippen LogP contribution is -2.49. The van der Waals surface area contributed by atoms with E-state index in [9.17, 15) is 4.79 Å². The predicted octanol–water partition coefficient (Wildman–Crippen LogP) is 1.97. The molecule has 0 saturated carbocycles. The van der Waals surface area contributed by atoms with Gasteiger partial charge in [-0.25, -0.2) is 14.5 Å². The summed E-state index contributed by atoms with van der Waals surface area (Å²) in [6, 6.07) is 3.48. The van der Waals surface area contributed by atoms with Gasteiger partial charge in [0.25, 0.3) is 5.91 Å². The van der Waals surface area contributed by atoms with E-state index in [4.69, 9.17) is 14.8 Å². The first-order chi connectivity index (χ1) is 14.2. The van der Waals surface area contributed by atoms with E-state index in [1.165, 1.54) is 24.1 Å². The zero-order valence-corrected chi connectivity index (χ0v) is 16.5. The van der Waals surface area contributed by atoms with Gasteiger partial charge in [-0.1, -0.05) is 0 Å². The van der Waals surface area contributed by atoms with E-state index in [0.29, 0.717) is 24.5 Å². The molecular formula is C21H24N6O2. The summed E-state index contributed by atoms with van der Waals surface area (Å²) in [6.45, 7) is 2.82. The average molecular weight is 392 g/mol. The fraction of sp³-hybridized carbons (Fsp3) is 0.429. The van der Waals surface area contributed by atoms with Gasteiger partial charge in [0.1, 0.15) is 5.52 Å². The van der Waals surface area contributed by atoms with Crippen molar-refractivity contribution in [2.75, 3.05) is 38.2 Å². The average Bonchev–Trinajstić information content (AvgIpc) is 3.18. The van der Waals surface area contributed by atoms with E-state index < -0.39 is 0 Å². The smallest absolute Gasteiger partial charge is 0.255 e. The molecule has 0 spiro atoms. The zero-order valence-electron chi connectivity index (χ0n) is 16.5. The monoisotopic (exact) mass is 392 g/mol. The van der Waals surface area contributed by atoms with Crippen LogP contribution in [0.25, 0.3) is 5.52 Å². The molecule has 1 aliphatic heterocycles. The molecule has 0 radical (unpaired) electrons. The van der Waals surface area contributed by atoms with E-state index in [0.717, 1.165) is 37.3 Å². The normalized spacial score (nSPS) is 16.7. The van der Waals surface area contributed by atoms with Crippen LogP contribution in [0.4, 0.5) is 5.82 Å². The number of aromatic nitrogens is 4. The molecule has 0 bridgehead atoms. The molecule has 150 valence electrons. The van der Waals surface area contributed by atoms with Crippen molar-refractivity contribution in [3.05, 3.63) is 47.5 Å². The first kappa shape index (κ1) is 17.9. The Balaban J connectivity index is 1.34. The number of anilines is 1. The Kier molecular flexibility index (Phi) is 4.54. The van der Waals surface area contributed by atoms with E-state index in [1.807, 2.05) is 21.8 Å². The van der Waals surface area contributed by atoms with Crippen LogP contribution in [0.5, 0.6) is 5.88 Å². The van der Waals surface area contributed by atoms with Gasteiger partial charge in [-0.3, -0.25) is 4.79 Å². The third-order valence-corrected chi connectivity index (χ3v) is 5.86. The lowest BCUT2D eigenvalue weighted by Gasteiger charge is -2.35. The van der Waals surface area contributed by atoms with Crippen molar-refractivity contribution >= 4 is 17.2 Å². The molecule has 0 unspecified atom stereocenters. The highest BCUT2D eigenvalue weighted by molar-refractivity contribution is 5.94. The van der Waals surface area contributed by atoms with E-state index >= 15 is 0 Å². The van der Waals surface area contributed by atoms with Crippen molar-refractivity contribution in [2.45, 2.75) is 25.7 Å². The van der Waals surface area contributed by atoms with Crippen molar-refractivity contribution < 1.29 is 9.53 Å². The van der Waals surface area contributed by atoms with Crippen LogP contribution in [0.1, 0.15) is 34.5 Å². The Morgan fingerprint density at radius 3 is 2.66 bits per heavy atom. The first-order valence-corrected chi connectivity index (χ1v) is 10.1. The summed E-state index contributed by atoms with van der Waals surface area (Å²) in [5.74, 6) is 1.50. The largest absolute Gasteiger partial charge is 0.481 e. The molecular weight excluding hydrogens is 368 g/mol. The third-order valence-electron chi connectivity index (χ3n) is 5.86. The number of pyridine rings is 1. The van der Waals surface area contributed by atoms with Crippen LogP contribution in [0, 0.1) is 0 Å². The second kappa shape index (κ2) is 7.35. The number of rotatable bonds is 3. The number of ether oxygens (including phenoxy) is 1. The van der Waals surface area contributed by atoms with Gasteiger partial charge in [0.05, 0.1) is 18.4 Å². The maximum absolute atomic E-state index is 12.8. The molecule has 4 heterocycles. The summed E-state index contributed by atoms with van der Waals surface area (Å²) in [7, 11) is 1.56. The van der Waals surface area contributed by atoms with Gasteiger partial charge in [-0.2, -0.15) is 5.10 Å². The zero-order chi connectivity index (χ0) is 19.8. The number of piperazine rings is 1. The molecule has 29 heavy (non-hydrogen) atoms. The number of hydrogen-bond donors (Lipinski definition) is 0. The van der Waals surface area contributed by atoms with Gasteiger partial charge < -0.3 is 14.5 Å². The summed E-state index contributed by atoms with van der Waals surface area (Å²) in [6.07, 6.45) is 9.87. The molecule has 0 atom stereocenters. The van der Waals surface area contributed by atoms with Gasteiger partial charge in [-0.15, -0.1) is 0 Å². The molecule has 8 nitrogen and oxygen atoms in total. The summed E-state index contributed by atoms with van der Waals surface area (Å²) < 4.78 is 7.05. The Morgan fingerprint density at radius 1 is 1.07 bits per heavy atom. The number of hydrogen-bond acceptors (Lipinski definition) is 6. The second-order valence-corrected chi connectivity index (χ2v) is 7.54. The van der Waals surface area contributed by atoms with Gasteiger partial charge in [0.2, 0.25) is 5.88 Å². The maximum atomic E-state index is 12.8. The Labute approximate surface area is 169 Å². The van der Waals surface area contributed by atoms with Gasteiger partial charge in [-0.05, 0) is 31.7 Å². The molecule has 1 fully saturated rings. The molecule has 1 amide bonds. The molecule has 1 aliphatic carbocycles. The van der Waals surface area contributed by atoms with E-state index in [2.05, 4.69) is 9.88 Å². The van der Waals surface area contributed by atoms with Crippen molar-refractivity contribution in [2.24, 2.45) is 0 Å². The minimum atomic E-state index is 0.00713. The van der Waals surface area contributed by atoms with Crippen LogP contribution in [0.15, 0.2) is 30.7 Å². The molecule has 1 saturated heterocycles. The lowest BCUT2D eigenvalue weighted by atomic mass is 9.97. The summed E-state index contributed by atoms with van der Waals surface area (Å²) >= 11 is 0. The molecule has 3 aromatic rings. The van der Waals surface area contributed by atoms with Crippen molar-refractivity contribution in [1.29, 1.82) is 0 Å². The summed E-state index contributed by atoms with van der Waals surface area (Å²) in [5, 5.41) is 4.77. The Hall–Kier alpha value is -3.16. The Morgan fingerprint density at radius 2 is 1.90 bits per heavy atom. The van der Waals surface area contributed by atoms with Crippen LogP contribution in [-0.4, -0.2) is 63.7 Å². The van der Waals surface area contributed by atoms with Gasteiger partial charge in [0.15, 0.2) is 5.82 Å². The van der Waals surface area contributed by atoms with Crippen LogP contribution in [0.3, 0.4) is 0 Å². The van der Waals surface area contributed by atoms with E-state index in [-0.39, 0.29) is 5.91 Å². The number of fused-ring (bicyclic) bond motifs is 3. The number of nitrogens with zero attached hydrogens (tertiary/aromatic N) is 6. The predicted molar refractivity (Wildman–Crippen MR) is 109 cm³/mol. The third kappa shape index (κ3) is 3.18. The van der Waals surface area contributed by atoms with Gasteiger partial charge in [0, 0.05) is 56.4 Å². The Bertz CT molecular complexity index is 1040. The van der Waals surface area contributed by atoms with Crippen molar-refractivity contribution in [3.8, 4) is 5.88 Å². The molecule has 0 N–H and O–H groups in total. The molecule has 0 aromatic carbocycles. The molecule has 2 aliphatic rings. The van der Waals surface area contributed by atoms with Crippen molar-refractivity contribution in [3.63, 3.8) is 0 Å². The van der Waals surface area contributed by atoms with Crippen LogP contribution < -0.4 is 9.64 Å². The fourth-order valence-electron chi connectivity index (χ4n) is 4.31. The second-order valence-electron chi connectivity index (χ2n) is 7.54. The van der Waals surface area contributed by atoms with Crippen LogP contribution >= 0.6 is 0 Å².